The van der Waals surface area contributed by atoms with Crippen LogP contribution in [-0.4, -0.2) is 15.0 Å². The molecule has 100 valence electrons. The van der Waals surface area contributed by atoms with Crippen molar-refractivity contribution >= 4 is 22.7 Å². The number of hydrogen-bond acceptors (Lipinski definition) is 5. The van der Waals surface area contributed by atoms with Crippen molar-refractivity contribution in [3.63, 3.8) is 0 Å². The van der Waals surface area contributed by atoms with Crippen LogP contribution in [-0.2, 0) is 0 Å². The van der Waals surface area contributed by atoms with Crippen LogP contribution in [0.25, 0.3) is 10.8 Å². The summed E-state index contributed by atoms with van der Waals surface area (Å²) in [5, 5.41) is 2.39. The number of anilines is 2. The molecule has 0 aliphatic carbocycles. The summed E-state index contributed by atoms with van der Waals surface area (Å²) in [5.74, 6) is 0.901. The molecule has 0 fully saturated rings. The Balaban J connectivity index is 2.05. The van der Waals surface area contributed by atoms with Gasteiger partial charge in [-0.1, -0.05) is 49.4 Å². The monoisotopic (exact) mass is 265 g/mol. The van der Waals surface area contributed by atoms with Crippen LogP contribution in [0.15, 0.2) is 42.5 Å². The average Bonchev–Trinajstić information content (AvgIpc) is 2.45. The number of nitrogens with two attached hydrogens (primary N) is 2. The fourth-order valence-corrected chi connectivity index (χ4v) is 2.25. The highest BCUT2D eigenvalue weighted by Gasteiger charge is 2.13. The minimum absolute atomic E-state index is 0.00667. The zero-order valence-electron chi connectivity index (χ0n) is 11.1. The molecule has 5 nitrogen and oxygen atoms in total. The lowest BCUT2D eigenvalue weighted by Crippen LogP contribution is -2.10. The molecule has 0 amide bonds. The van der Waals surface area contributed by atoms with Crippen molar-refractivity contribution in [3.8, 4) is 0 Å². The Morgan fingerprint density at radius 2 is 1.50 bits per heavy atom. The SMILES string of the molecule is CC(c1ccc2ccccc2c1)c1nc(N)nc(N)n1. The van der Waals surface area contributed by atoms with Crippen molar-refractivity contribution in [2.45, 2.75) is 12.8 Å². The molecule has 4 N–H and O–H groups in total. The topological polar surface area (TPSA) is 90.7 Å². The fraction of sp³-hybridized carbons (Fsp3) is 0.133. The third-order valence-electron chi connectivity index (χ3n) is 3.35. The van der Waals surface area contributed by atoms with Crippen molar-refractivity contribution in [1.29, 1.82) is 0 Å². The van der Waals surface area contributed by atoms with Crippen molar-refractivity contribution in [2.75, 3.05) is 11.5 Å². The third kappa shape index (κ3) is 2.25. The molecule has 3 rings (SSSR count). The summed E-state index contributed by atoms with van der Waals surface area (Å²) < 4.78 is 0. The van der Waals surface area contributed by atoms with Gasteiger partial charge < -0.3 is 11.5 Å². The number of hydrogen-bond donors (Lipinski definition) is 2. The lowest BCUT2D eigenvalue weighted by atomic mass is 9.97. The Bertz CT molecular complexity index is 749. The van der Waals surface area contributed by atoms with Gasteiger partial charge in [0.15, 0.2) is 0 Å². The van der Waals surface area contributed by atoms with Gasteiger partial charge in [0.25, 0.3) is 0 Å². The second-order valence-electron chi connectivity index (χ2n) is 4.74. The van der Waals surface area contributed by atoms with Gasteiger partial charge in [-0.15, -0.1) is 0 Å². The minimum Gasteiger partial charge on any atom is -0.368 e. The molecule has 5 heteroatoms. The molecular weight excluding hydrogens is 250 g/mol. The first-order valence-electron chi connectivity index (χ1n) is 6.39. The van der Waals surface area contributed by atoms with Gasteiger partial charge in [-0.3, -0.25) is 0 Å². The predicted octanol–water partition coefficient (Wildman–Crippen LogP) is 2.34. The van der Waals surface area contributed by atoms with E-state index >= 15 is 0 Å². The second-order valence-corrected chi connectivity index (χ2v) is 4.74. The zero-order valence-corrected chi connectivity index (χ0v) is 11.1. The van der Waals surface area contributed by atoms with E-state index in [2.05, 4.69) is 45.3 Å². The van der Waals surface area contributed by atoms with E-state index in [0.717, 1.165) is 5.56 Å². The lowest BCUT2D eigenvalue weighted by molar-refractivity contribution is 0.808. The Kier molecular flexibility index (Phi) is 2.95. The summed E-state index contributed by atoms with van der Waals surface area (Å²) in [6, 6.07) is 14.5. The van der Waals surface area contributed by atoms with E-state index in [9.17, 15) is 0 Å². The van der Waals surface area contributed by atoms with Gasteiger partial charge in [0.2, 0.25) is 11.9 Å². The van der Waals surface area contributed by atoms with E-state index in [4.69, 9.17) is 11.5 Å². The predicted molar refractivity (Wildman–Crippen MR) is 80.1 cm³/mol. The smallest absolute Gasteiger partial charge is 0.225 e. The van der Waals surface area contributed by atoms with E-state index in [1.807, 2.05) is 19.1 Å². The van der Waals surface area contributed by atoms with Crippen LogP contribution in [0.1, 0.15) is 24.2 Å². The Morgan fingerprint density at radius 3 is 2.20 bits per heavy atom. The highest BCUT2D eigenvalue weighted by atomic mass is 15.1. The Hall–Kier alpha value is -2.69. The summed E-state index contributed by atoms with van der Waals surface area (Å²) >= 11 is 0. The molecule has 0 saturated carbocycles. The van der Waals surface area contributed by atoms with Gasteiger partial charge in [-0.05, 0) is 16.3 Å². The van der Waals surface area contributed by atoms with E-state index in [0.29, 0.717) is 5.82 Å². The van der Waals surface area contributed by atoms with Gasteiger partial charge >= 0.3 is 0 Å². The molecule has 1 atom stereocenters. The van der Waals surface area contributed by atoms with Crippen molar-refractivity contribution in [3.05, 3.63) is 53.9 Å². The summed E-state index contributed by atoms with van der Waals surface area (Å²) in [4.78, 5) is 12.1. The highest BCUT2D eigenvalue weighted by molar-refractivity contribution is 5.83. The molecule has 3 aromatic rings. The average molecular weight is 265 g/mol. The largest absolute Gasteiger partial charge is 0.368 e. The summed E-state index contributed by atoms with van der Waals surface area (Å²) in [5.41, 5.74) is 12.4. The molecule has 0 radical (unpaired) electrons. The first kappa shape index (κ1) is 12.3. The van der Waals surface area contributed by atoms with E-state index in [1.165, 1.54) is 10.8 Å². The van der Waals surface area contributed by atoms with Crippen LogP contribution in [0.4, 0.5) is 11.9 Å². The maximum Gasteiger partial charge on any atom is 0.225 e. The molecule has 1 aromatic heterocycles. The number of fused-ring (bicyclic) bond motifs is 1. The van der Waals surface area contributed by atoms with Gasteiger partial charge in [0, 0.05) is 5.92 Å². The standard InChI is InChI=1S/C15H15N5/c1-9(13-18-14(16)20-15(17)19-13)11-7-6-10-4-2-3-5-12(10)8-11/h2-9H,1H3,(H4,16,17,18,19,20). The van der Waals surface area contributed by atoms with Crippen LogP contribution in [0, 0.1) is 0 Å². The van der Waals surface area contributed by atoms with Gasteiger partial charge in [0.05, 0.1) is 0 Å². The molecule has 0 saturated heterocycles. The Labute approximate surface area is 116 Å². The van der Waals surface area contributed by atoms with E-state index < -0.39 is 0 Å². The molecule has 0 bridgehead atoms. The van der Waals surface area contributed by atoms with Crippen LogP contribution < -0.4 is 11.5 Å². The molecule has 0 aliphatic rings. The normalized spacial score (nSPS) is 12.4. The van der Waals surface area contributed by atoms with E-state index in [-0.39, 0.29) is 17.8 Å². The van der Waals surface area contributed by atoms with Gasteiger partial charge in [-0.25, -0.2) is 0 Å². The van der Waals surface area contributed by atoms with Crippen LogP contribution >= 0.6 is 0 Å². The van der Waals surface area contributed by atoms with Crippen molar-refractivity contribution in [2.24, 2.45) is 0 Å². The first-order valence-corrected chi connectivity index (χ1v) is 6.39. The van der Waals surface area contributed by atoms with Crippen molar-refractivity contribution in [1.82, 2.24) is 15.0 Å². The highest BCUT2D eigenvalue weighted by Crippen LogP contribution is 2.25. The van der Waals surface area contributed by atoms with Crippen LogP contribution in [0.3, 0.4) is 0 Å². The molecule has 1 unspecified atom stereocenters. The van der Waals surface area contributed by atoms with Gasteiger partial charge in [-0.2, -0.15) is 15.0 Å². The molecule has 1 heterocycles. The quantitative estimate of drug-likeness (QED) is 0.742. The summed E-state index contributed by atoms with van der Waals surface area (Å²) in [6.45, 7) is 2.03. The first-order chi connectivity index (χ1) is 9.63. The lowest BCUT2D eigenvalue weighted by Gasteiger charge is -2.12. The molecule has 0 aliphatic heterocycles. The van der Waals surface area contributed by atoms with Crippen LogP contribution in [0.2, 0.25) is 0 Å². The zero-order chi connectivity index (χ0) is 14.1. The maximum absolute atomic E-state index is 5.62. The molecular formula is C15H15N5. The van der Waals surface area contributed by atoms with E-state index in [1.54, 1.807) is 0 Å². The number of nitrogens with zero attached hydrogens (tertiary/aromatic N) is 3. The number of aromatic nitrogens is 3. The fourth-order valence-electron chi connectivity index (χ4n) is 2.25. The minimum atomic E-state index is 0.00667. The third-order valence-corrected chi connectivity index (χ3v) is 3.35. The number of rotatable bonds is 2. The summed E-state index contributed by atoms with van der Waals surface area (Å²) in [6.07, 6.45) is 0. The maximum atomic E-state index is 5.62. The molecule has 0 spiro atoms. The number of nitrogen functional groups attached to an aromatic ring is 2. The number of benzene rings is 2. The molecule has 2 aromatic carbocycles. The van der Waals surface area contributed by atoms with Gasteiger partial charge in [0.1, 0.15) is 5.82 Å². The Morgan fingerprint density at radius 1 is 0.850 bits per heavy atom. The van der Waals surface area contributed by atoms with Crippen molar-refractivity contribution < 1.29 is 0 Å². The summed E-state index contributed by atoms with van der Waals surface area (Å²) in [7, 11) is 0. The van der Waals surface area contributed by atoms with Crippen LogP contribution in [0.5, 0.6) is 0 Å². The molecule has 20 heavy (non-hydrogen) atoms. The second kappa shape index (κ2) is 4.77.